The fourth-order valence-electron chi connectivity index (χ4n) is 3.77. The largest absolute Gasteiger partial charge is 0.383 e. The zero-order valence-corrected chi connectivity index (χ0v) is 17.7. The first kappa shape index (κ1) is 20.0. The van der Waals surface area contributed by atoms with E-state index in [9.17, 15) is 9.90 Å². The number of benzene rings is 1. The minimum Gasteiger partial charge on any atom is -0.383 e. The Morgan fingerprint density at radius 1 is 1.26 bits per heavy atom. The van der Waals surface area contributed by atoms with E-state index in [0.717, 1.165) is 34.0 Å². The summed E-state index contributed by atoms with van der Waals surface area (Å²) in [6.45, 7) is 10.2. The molecule has 1 aliphatic rings. The maximum atomic E-state index is 11.6. The second-order valence-corrected chi connectivity index (χ2v) is 9.94. The molecule has 2 N–H and O–H groups in total. The predicted octanol–water partition coefficient (Wildman–Crippen LogP) is 5.30. The molecule has 0 amide bonds. The summed E-state index contributed by atoms with van der Waals surface area (Å²) < 4.78 is 0. The van der Waals surface area contributed by atoms with Crippen molar-refractivity contribution in [1.82, 2.24) is 4.98 Å². The van der Waals surface area contributed by atoms with Crippen molar-refractivity contribution < 1.29 is 9.90 Å². The van der Waals surface area contributed by atoms with Gasteiger partial charge in [0.25, 0.3) is 0 Å². The Kier molecular flexibility index (Phi) is 5.46. The molecule has 5 heteroatoms. The fourth-order valence-corrected chi connectivity index (χ4v) is 4.82. The van der Waals surface area contributed by atoms with Gasteiger partial charge in [0.15, 0.2) is 0 Å². The number of anilines is 1. The van der Waals surface area contributed by atoms with Gasteiger partial charge in [0.2, 0.25) is 0 Å². The molecule has 0 unspecified atom stereocenters. The molecule has 1 aliphatic carbocycles. The quantitative estimate of drug-likeness (QED) is 0.749. The normalized spacial score (nSPS) is 23.3. The van der Waals surface area contributed by atoms with E-state index >= 15 is 0 Å². The van der Waals surface area contributed by atoms with Gasteiger partial charge in [0.1, 0.15) is 16.4 Å². The summed E-state index contributed by atoms with van der Waals surface area (Å²) in [6, 6.07) is 6.45. The van der Waals surface area contributed by atoms with E-state index in [-0.39, 0.29) is 17.2 Å². The first-order valence-electron chi connectivity index (χ1n) is 9.65. The first-order chi connectivity index (χ1) is 12.6. The smallest absolute Gasteiger partial charge is 0.132 e. The minimum atomic E-state index is -0.898. The number of rotatable bonds is 4. The van der Waals surface area contributed by atoms with Gasteiger partial charge >= 0.3 is 0 Å². The Hall–Kier alpha value is -1.72. The van der Waals surface area contributed by atoms with Crippen molar-refractivity contribution in [3.8, 4) is 10.4 Å². The van der Waals surface area contributed by atoms with Crippen molar-refractivity contribution >= 4 is 22.8 Å². The van der Waals surface area contributed by atoms with E-state index in [4.69, 9.17) is 0 Å². The van der Waals surface area contributed by atoms with E-state index in [0.29, 0.717) is 12.8 Å². The SMILES string of the molecule is Cc1cc(NC(C)(C)C)cc(-c2cnc([C@]3(O)CC[C@@H](C(C)=O)CC3)s2)c1. The van der Waals surface area contributed by atoms with Crippen molar-refractivity contribution in [2.24, 2.45) is 5.92 Å². The van der Waals surface area contributed by atoms with E-state index in [1.54, 1.807) is 18.3 Å². The van der Waals surface area contributed by atoms with Crippen LogP contribution in [0, 0.1) is 12.8 Å². The van der Waals surface area contributed by atoms with Crippen molar-refractivity contribution in [2.45, 2.75) is 71.4 Å². The molecule has 2 aromatic rings. The van der Waals surface area contributed by atoms with Crippen LogP contribution >= 0.6 is 11.3 Å². The molecule has 0 aliphatic heterocycles. The van der Waals surface area contributed by atoms with E-state index in [1.165, 1.54) is 5.56 Å². The number of hydrogen-bond acceptors (Lipinski definition) is 5. The Labute approximate surface area is 166 Å². The number of aromatic nitrogens is 1. The molecule has 3 rings (SSSR count). The molecule has 0 radical (unpaired) electrons. The average Bonchev–Trinajstić information content (AvgIpc) is 3.04. The predicted molar refractivity (Wildman–Crippen MR) is 112 cm³/mol. The van der Waals surface area contributed by atoms with Crippen molar-refractivity contribution in [2.75, 3.05) is 5.32 Å². The molecule has 0 spiro atoms. The van der Waals surface area contributed by atoms with Crippen LogP contribution in [0.2, 0.25) is 0 Å². The first-order valence-corrected chi connectivity index (χ1v) is 10.5. The summed E-state index contributed by atoms with van der Waals surface area (Å²) in [5.74, 6) is 0.322. The highest BCUT2D eigenvalue weighted by atomic mass is 32.1. The van der Waals surface area contributed by atoms with Gasteiger partial charge < -0.3 is 10.4 Å². The van der Waals surface area contributed by atoms with Crippen LogP contribution in [0.4, 0.5) is 5.69 Å². The monoisotopic (exact) mass is 386 g/mol. The minimum absolute atomic E-state index is 0.00553. The highest BCUT2D eigenvalue weighted by Gasteiger charge is 2.38. The molecule has 146 valence electrons. The second-order valence-electron chi connectivity index (χ2n) is 8.91. The number of aryl methyl sites for hydroxylation is 1. The van der Waals surface area contributed by atoms with E-state index in [1.807, 2.05) is 6.20 Å². The molecule has 1 aromatic carbocycles. The third-order valence-electron chi connectivity index (χ3n) is 5.17. The molecule has 0 bridgehead atoms. The third-order valence-corrected chi connectivity index (χ3v) is 6.41. The Morgan fingerprint density at radius 2 is 1.93 bits per heavy atom. The van der Waals surface area contributed by atoms with Crippen LogP contribution in [-0.4, -0.2) is 21.4 Å². The third kappa shape index (κ3) is 4.77. The van der Waals surface area contributed by atoms with Gasteiger partial charge in [-0.2, -0.15) is 0 Å². The lowest BCUT2D eigenvalue weighted by Crippen LogP contribution is -2.33. The van der Waals surface area contributed by atoms with Gasteiger partial charge in [-0.15, -0.1) is 11.3 Å². The van der Waals surface area contributed by atoms with Crippen molar-refractivity contribution in [3.05, 3.63) is 35.0 Å². The number of nitrogens with zero attached hydrogens (tertiary/aromatic N) is 1. The van der Waals surface area contributed by atoms with Crippen LogP contribution in [0.5, 0.6) is 0 Å². The standard InChI is InChI=1S/C22H30N2O2S/c1-14-10-17(12-18(11-14)24-21(3,4)5)19-13-23-20(27-19)22(26)8-6-16(7-9-22)15(2)25/h10-13,16,24,26H,6-9H2,1-5H3/t16-,22+. The summed E-state index contributed by atoms with van der Waals surface area (Å²) in [5.41, 5.74) is 2.49. The molecule has 1 aromatic heterocycles. The van der Waals surface area contributed by atoms with Crippen LogP contribution in [-0.2, 0) is 10.4 Å². The maximum Gasteiger partial charge on any atom is 0.132 e. The summed E-state index contributed by atoms with van der Waals surface area (Å²) in [4.78, 5) is 17.2. The van der Waals surface area contributed by atoms with Crippen LogP contribution in [0.15, 0.2) is 24.4 Å². The summed E-state index contributed by atoms with van der Waals surface area (Å²) in [7, 11) is 0. The van der Waals surface area contributed by atoms with Crippen LogP contribution in [0.1, 0.15) is 63.9 Å². The van der Waals surface area contributed by atoms with Gasteiger partial charge in [0, 0.05) is 23.3 Å². The maximum absolute atomic E-state index is 11.6. The number of Topliss-reactive ketones (excluding diaryl/α,β-unsaturated/α-hetero) is 1. The lowest BCUT2D eigenvalue weighted by Gasteiger charge is -2.33. The van der Waals surface area contributed by atoms with Gasteiger partial charge in [0.05, 0.1) is 4.88 Å². The van der Waals surface area contributed by atoms with Crippen molar-refractivity contribution in [3.63, 3.8) is 0 Å². The molecule has 0 saturated heterocycles. The number of nitrogens with one attached hydrogen (secondary N) is 1. The Bertz CT molecular complexity index is 827. The van der Waals surface area contributed by atoms with Gasteiger partial charge in [-0.3, -0.25) is 4.79 Å². The summed E-state index contributed by atoms with van der Waals surface area (Å²) in [5, 5.41) is 15.4. The number of aliphatic hydroxyl groups is 1. The topological polar surface area (TPSA) is 62.2 Å². The number of carbonyl (C=O) groups is 1. The molecular weight excluding hydrogens is 356 g/mol. The number of ketones is 1. The van der Waals surface area contributed by atoms with E-state index in [2.05, 4.69) is 56.2 Å². The fraction of sp³-hybridized carbons (Fsp3) is 0.545. The lowest BCUT2D eigenvalue weighted by atomic mass is 9.78. The molecule has 4 nitrogen and oxygen atoms in total. The average molecular weight is 387 g/mol. The molecular formula is C22H30N2O2S. The number of hydrogen-bond donors (Lipinski definition) is 2. The van der Waals surface area contributed by atoms with E-state index < -0.39 is 5.60 Å². The number of thiazole rings is 1. The summed E-state index contributed by atoms with van der Waals surface area (Å²) >= 11 is 1.56. The molecule has 0 atom stereocenters. The highest BCUT2D eigenvalue weighted by Crippen LogP contribution is 2.43. The highest BCUT2D eigenvalue weighted by molar-refractivity contribution is 7.15. The van der Waals surface area contributed by atoms with Crippen LogP contribution in [0.3, 0.4) is 0 Å². The van der Waals surface area contributed by atoms with Crippen LogP contribution < -0.4 is 5.32 Å². The molecule has 1 saturated carbocycles. The number of carbonyl (C=O) groups excluding carboxylic acids is 1. The molecule has 1 fully saturated rings. The summed E-state index contributed by atoms with van der Waals surface area (Å²) in [6.07, 6.45) is 4.56. The Balaban J connectivity index is 1.83. The molecule has 27 heavy (non-hydrogen) atoms. The Morgan fingerprint density at radius 3 is 2.52 bits per heavy atom. The lowest BCUT2D eigenvalue weighted by molar-refractivity contribution is -0.123. The second kappa shape index (κ2) is 7.36. The van der Waals surface area contributed by atoms with Gasteiger partial charge in [-0.1, -0.05) is 6.07 Å². The van der Waals surface area contributed by atoms with Gasteiger partial charge in [-0.05, 0) is 83.6 Å². The zero-order chi connectivity index (χ0) is 19.8. The zero-order valence-electron chi connectivity index (χ0n) is 16.9. The van der Waals surface area contributed by atoms with Gasteiger partial charge in [-0.25, -0.2) is 4.98 Å². The van der Waals surface area contributed by atoms with Crippen molar-refractivity contribution in [1.29, 1.82) is 0 Å². The molecule has 1 heterocycles. The van der Waals surface area contributed by atoms with Crippen LogP contribution in [0.25, 0.3) is 10.4 Å².